The molecular formula is C17H15ClN2O4S2. The molecule has 0 saturated heterocycles. The molecule has 0 amide bonds. The second kappa shape index (κ2) is 6.79. The van der Waals surface area contributed by atoms with Gasteiger partial charge in [0.05, 0.1) is 10.6 Å². The maximum atomic E-state index is 12.6. The van der Waals surface area contributed by atoms with Gasteiger partial charge in [-0.05, 0) is 42.8 Å². The van der Waals surface area contributed by atoms with Crippen LogP contribution >= 0.6 is 11.6 Å². The van der Waals surface area contributed by atoms with E-state index in [2.05, 4.69) is 4.72 Å². The van der Waals surface area contributed by atoms with Crippen molar-refractivity contribution in [1.29, 1.82) is 0 Å². The van der Waals surface area contributed by atoms with Crippen LogP contribution in [0.3, 0.4) is 0 Å². The van der Waals surface area contributed by atoms with E-state index in [1.165, 1.54) is 24.4 Å². The molecular weight excluding hydrogens is 396 g/mol. The zero-order chi connectivity index (χ0) is 18.9. The summed E-state index contributed by atoms with van der Waals surface area (Å²) in [6, 6.07) is 13.8. The van der Waals surface area contributed by atoms with Crippen LogP contribution in [0.15, 0.2) is 76.8 Å². The molecule has 1 heterocycles. The fourth-order valence-electron chi connectivity index (χ4n) is 2.30. The molecule has 1 aromatic heterocycles. The SMILES string of the molecule is Cc1c(Cl)cccc1NS(=O)(=O)c1ccn(S(=O)(=O)c2ccccc2)c1. The minimum Gasteiger partial charge on any atom is -0.279 e. The first-order valence-corrected chi connectivity index (χ1v) is 10.8. The van der Waals surface area contributed by atoms with Gasteiger partial charge in [-0.3, -0.25) is 4.72 Å². The van der Waals surface area contributed by atoms with Gasteiger partial charge in [-0.1, -0.05) is 35.9 Å². The highest BCUT2D eigenvalue weighted by Crippen LogP contribution is 2.26. The van der Waals surface area contributed by atoms with E-state index in [0.29, 0.717) is 16.3 Å². The molecule has 0 atom stereocenters. The van der Waals surface area contributed by atoms with E-state index in [4.69, 9.17) is 11.6 Å². The number of hydrogen-bond donors (Lipinski definition) is 1. The summed E-state index contributed by atoms with van der Waals surface area (Å²) in [6.07, 6.45) is 2.26. The minimum atomic E-state index is -3.97. The molecule has 0 saturated carbocycles. The van der Waals surface area contributed by atoms with Crippen molar-refractivity contribution in [2.75, 3.05) is 4.72 Å². The van der Waals surface area contributed by atoms with E-state index in [9.17, 15) is 16.8 Å². The van der Waals surface area contributed by atoms with Crippen molar-refractivity contribution in [3.8, 4) is 0 Å². The van der Waals surface area contributed by atoms with E-state index in [-0.39, 0.29) is 9.79 Å². The third kappa shape index (κ3) is 3.48. The standard InChI is InChI=1S/C17H15ClN2O4S2/c1-13-16(18)8-5-9-17(13)19-25(21,22)15-10-11-20(12-15)26(23,24)14-6-3-2-4-7-14/h2-12,19H,1H3. The fraction of sp³-hybridized carbons (Fsp3) is 0.0588. The van der Waals surface area contributed by atoms with Crippen LogP contribution in [0.2, 0.25) is 5.02 Å². The molecule has 0 aliphatic rings. The third-order valence-electron chi connectivity index (χ3n) is 3.78. The monoisotopic (exact) mass is 410 g/mol. The van der Waals surface area contributed by atoms with Crippen LogP contribution in [-0.4, -0.2) is 20.8 Å². The van der Waals surface area contributed by atoms with Crippen molar-refractivity contribution in [2.45, 2.75) is 16.7 Å². The number of rotatable bonds is 5. The molecule has 0 unspecified atom stereocenters. The largest absolute Gasteiger partial charge is 0.279 e. The number of hydrogen-bond acceptors (Lipinski definition) is 4. The average Bonchev–Trinajstić information content (AvgIpc) is 3.12. The Balaban J connectivity index is 1.95. The molecule has 1 N–H and O–H groups in total. The maximum absolute atomic E-state index is 12.6. The fourth-order valence-corrected chi connectivity index (χ4v) is 4.88. The molecule has 9 heteroatoms. The summed E-state index contributed by atoms with van der Waals surface area (Å²) >= 11 is 6.00. The Morgan fingerprint density at radius 2 is 1.58 bits per heavy atom. The predicted octanol–water partition coefficient (Wildman–Crippen LogP) is 3.49. The molecule has 6 nitrogen and oxygen atoms in total. The lowest BCUT2D eigenvalue weighted by atomic mass is 10.2. The lowest BCUT2D eigenvalue weighted by Gasteiger charge is -2.10. The van der Waals surface area contributed by atoms with Gasteiger partial charge in [0.25, 0.3) is 20.0 Å². The Morgan fingerprint density at radius 3 is 2.27 bits per heavy atom. The van der Waals surface area contributed by atoms with Gasteiger partial charge in [0.1, 0.15) is 4.90 Å². The number of aromatic nitrogens is 1. The molecule has 26 heavy (non-hydrogen) atoms. The summed E-state index contributed by atoms with van der Waals surface area (Å²) in [6.45, 7) is 1.69. The first kappa shape index (κ1) is 18.5. The lowest BCUT2D eigenvalue weighted by molar-refractivity contribution is 0.587. The Kier molecular flexibility index (Phi) is 4.83. The van der Waals surface area contributed by atoms with E-state index < -0.39 is 20.0 Å². The van der Waals surface area contributed by atoms with Crippen molar-refractivity contribution in [3.05, 3.63) is 77.6 Å². The van der Waals surface area contributed by atoms with Gasteiger partial charge in [0.2, 0.25) is 0 Å². The average molecular weight is 411 g/mol. The van der Waals surface area contributed by atoms with Crippen molar-refractivity contribution >= 4 is 37.3 Å². The van der Waals surface area contributed by atoms with E-state index in [1.54, 1.807) is 43.3 Å². The van der Waals surface area contributed by atoms with Crippen molar-refractivity contribution in [1.82, 2.24) is 3.97 Å². The highest BCUT2D eigenvalue weighted by molar-refractivity contribution is 7.93. The van der Waals surface area contributed by atoms with Crippen LogP contribution in [0.4, 0.5) is 5.69 Å². The zero-order valence-corrected chi connectivity index (χ0v) is 16.0. The molecule has 0 radical (unpaired) electrons. The van der Waals surface area contributed by atoms with E-state index in [1.807, 2.05) is 0 Å². The van der Waals surface area contributed by atoms with Gasteiger partial charge in [0, 0.05) is 17.4 Å². The van der Waals surface area contributed by atoms with Crippen LogP contribution in [-0.2, 0) is 20.0 Å². The minimum absolute atomic E-state index is 0.0678. The number of nitrogens with one attached hydrogen (secondary N) is 1. The Hall–Kier alpha value is -2.29. The smallest absolute Gasteiger partial charge is 0.267 e. The lowest BCUT2D eigenvalue weighted by Crippen LogP contribution is -2.14. The highest BCUT2D eigenvalue weighted by Gasteiger charge is 2.22. The van der Waals surface area contributed by atoms with Gasteiger partial charge >= 0.3 is 0 Å². The third-order valence-corrected chi connectivity index (χ3v) is 7.19. The van der Waals surface area contributed by atoms with Crippen molar-refractivity contribution in [3.63, 3.8) is 0 Å². The number of halogens is 1. The van der Waals surface area contributed by atoms with Gasteiger partial charge in [-0.2, -0.15) is 0 Å². The molecule has 0 aliphatic carbocycles. The maximum Gasteiger partial charge on any atom is 0.267 e. The number of benzene rings is 2. The number of nitrogens with zero attached hydrogens (tertiary/aromatic N) is 1. The first-order valence-electron chi connectivity index (χ1n) is 7.48. The van der Waals surface area contributed by atoms with E-state index >= 15 is 0 Å². The van der Waals surface area contributed by atoms with Crippen molar-refractivity contribution < 1.29 is 16.8 Å². The van der Waals surface area contributed by atoms with Crippen molar-refractivity contribution in [2.24, 2.45) is 0 Å². The molecule has 136 valence electrons. The molecule has 0 aliphatic heterocycles. The molecule has 2 aromatic carbocycles. The van der Waals surface area contributed by atoms with Gasteiger partial charge in [-0.25, -0.2) is 20.8 Å². The normalized spacial score (nSPS) is 12.1. The Morgan fingerprint density at radius 1 is 0.885 bits per heavy atom. The molecule has 0 bridgehead atoms. The Labute approximate surface area is 157 Å². The predicted molar refractivity (Wildman–Crippen MR) is 100 cm³/mol. The second-order valence-electron chi connectivity index (χ2n) is 5.51. The number of sulfonamides is 1. The summed E-state index contributed by atoms with van der Waals surface area (Å²) in [5.41, 5.74) is 0.908. The molecule has 0 fully saturated rings. The topological polar surface area (TPSA) is 85.2 Å². The van der Waals surface area contributed by atoms with Crippen LogP contribution in [0, 0.1) is 6.92 Å². The van der Waals surface area contributed by atoms with Gasteiger partial charge < -0.3 is 0 Å². The second-order valence-corrected chi connectivity index (χ2v) is 9.45. The summed E-state index contributed by atoms with van der Waals surface area (Å²) in [7, 11) is -7.83. The number of anilines is 1. The highest BCUT2D eigenvalue weighted by atomic mass is 35.5. The van der Waals surface area contributed by atoms with Crippen LogP contribution in [0.1, 0.15) is 5.56 Å². The molecule has 0 spiro atoms. The Bertz CT molecular complexity index is 1150. The van der Waals surface area contributed by atoms with E-state index in [0.717, 1.165) is 10.2 Å². The molecule has 3 rings (SSSR count). The van der Waals surface area contributed by atoms with Gasteiger partial charge in [0.15, 0.2) is 0 Å². The quantitative estimate of drug-likeness (QED) is 0.697. The summed E-state index contributed by atoms with van der Waals surface area (Å²) in [5.74, 6) is 0. The summed E-state index contributed by atoms with van der Waals surface area (Å²) < 4.78 is 53.6. The first-order chi connectivity index (χ1) is 12.2. The summed E-state index contributed by atoms with van der Waals surface area (Å²) in [5, 5.41) is 0.425. The zero-order valence-electron chi connectivity index (χ0n) is 13.6. The van der Waals surface area contributed by atoms with Crippen LogP contribution < -0.4 is 4.72 Å². The van der Waals surface area contributed by atoms with Crippen LogP contribution in [0.25, 0.3) is 0 Å². The summed E-state index contributed by atoms with van der Waals surface area (Å²) in [4.78, 5) is -0.102. The molecule has 3 aromatic rings. The van der Waals surface area contributed by atoms with Gasteiger partial charge in [-0.15, -0.1) is 0 Å². The van der Waals surface area contributed by atoms with Crippen LogP contribution in [0.5, 0.6) is 0 Å².